The van der Waals surface area contributed by atoms with Crippen molar-refractivity contribution in [2.24, 2.45) is 5.92 Å². The number of halogens is 6. The number of aliphatic hydroxyl groups is 1. The normalized spacial score (nSPS) is 14.9. The third-order valence-corrected chi connectivity index (χ3v) is 6.19. The van der Waals surface area contributed by atoms with Crippen LogP contribution in [0.5, 0.6) is 0 Å². The van der Waals surface area contributed by atoms with E-state index in [4.69, 9.17) is 4.74 Å². The van der Waals surface area contributed by atoms with E-state index in [2.05, 4.69) is 16.6 Å². The number of aliphatic hydroxyl groups excluding tert-OH is 1. The smallest absolute Gasteiger partial charge is 0.434 e. The molecule has 6 nitrogen and oxygen atoms in total. The van der Waals surface area contributed by atoms with Crippen LogP contribution in [-0.4, -0.2) is 54.4 Å². The number of hydrogen-bond donors (Lipinski definition) is 2. The van der Waals surface area contributed by atoms with Crippen molar-refractivity contribution in [3.63, 3.8) is 0 Å². The number of carbonyl (C=O) groups is 2. The summed E-state index contributed by atoms with van der Waals surface area (Å²) < 4.78 is 85.7. The van der Waals surface area contributed by atoms with Gasteiger partial charge in [-0.25, -0.2) is 9.59 Å². The number of ether oxygens (including phenoxy) is 2. The summed E-state index contributed by atoms with van der Waals surface area (Å²) >= 11 is 0. The molecule has 1 aliphatic carbocycles. The maximum Gasteiger partial charge on any atom is 0.434 e. The number of amides is 1. The van der Waals surface area contributed by atoms with Crippen molar-refractivity contribution >= 4 is 12.1 Å². The molecule has 0 bridgehead atoms. The molecule has 0 heterocycles. The number of hydrogen-bond acceptors (Lipinski definition) is 5. The van der Waals surface area contributed by atoms with Crippen molar-refractivity contribution in [1.29, 1.82) is 0 Å². The van der Waals surface area contributed by atoms with E-state index in [9.17, 15) is 41.0 Å². The molecule has 212 valence electrons. The van der Waals surface area contributed by atoms with Crippen molar-refractivity contribution in [3.05, 3.63) is 71.8 Å². The van der Waals surface area contributed by atoms with E-state index in [1.807, 2.05) is 48.5 Å². The molecule has 0 saturated heterocycles. The van der Waals surface area contributed by atoms with Crippen LogP contribution in [0.15, 0.2) is 60.7 Å². The minimum absolute atomic E-state index is 0.0143. The van der Waals surface area contributed by atoms with E-state index in [1.165, 1.54) is 0 Å². The van der Waals surface area contributed by atoms with E-state index in [0.29, 0.717) is 0 Å². The summed E-state index contributed by atoms with van der Waals surface area (Å²) in [7, 11) is 0. The average molecular weight is 560 g/mol. The lowest BCUT2D eigenvalue weighted by Gasteiger charge is -2.28. The number of fused-ring (bicyclic) bond motifs is 3. The van der Waals surface area contributed by atoms with Crippen LogP contribution in [0.25, 0.3) is 11.1 Å². The Bertz CT molecular complexity index is 1150. The zero-order chi connectivity index (χ0) is 29.1. The molecule has 0 radical (unpaired) electrons. The average Bonchev–Trinajstić information content (AvgIpc) is 3.16. The first-order chi connectivity index (χ1) is 18.1. The second kappa shape index (κ2) is 11.7. The van der Waals surface area contributed by atoms with Crippen LogP contribution in [-0.2, 0) is 14.3 Å². The molecule has 0 saturated carbocycles. The molecule has 0 unspecified atom stereocenters. The van der Waals surface area contributed by atoms with Crippen LogP contribution >= 0.6 is 0 Å². The van der Waals surface area contributed by atoms with Crippen molar-refractivity contribution in [2.45, 2.75) is 56.8 Å². The summed E-state index contributed by atoms with van der Waals surface area (Å²) in [5.41, 5.74) is 2.76. The van der Waals surface area contributed by atoms with Gasteiger partial charge in [0.2, 0.25) is 0 Å². The Hall–Kier alpha value is -3.54. The number of alkyl halides is 6. The quantitative estimate of drug-likeness (QED) is 0.227. The van der Waals surface area contributed by atoms with Gasteiger partial charge in [0.25, 0.3) is 6.10 Å². The van der Waals surface area contributed by atoms with Crippen molar-refractivity contribution in [3.8, 4) is 11.1 Å². The molecule has 0 aromatic heterocycles. The lowest BCUT2D eigenvalue weighted by atomic mass is 9.95. The fourth-order valence-electron chi connectivity index (χ4n) is 4.43. The van der Waals surface area contributed by atoms with Gasteiger partial charge in [-0.2, -0.15) is 26.3 Å². The molecule has 39 heavy (non-hydrogen) atoms. The van der Waals surface area contributed by atoms with E-state index >= 15 is 0 Å². The molecule has 3 rings (SSSR count). The van der Waals surface area contributed by atoms with Gasteiger partial charge in [-0.05, 0) is 34.6 Å². The van der Waals surface area contributed by atoms with E-state index in [1.54, 1.807) is 13.8 Å². The van der Waals surface area contributed by atoms with Crippen LogP contribution < -0.4 is 5.32 Å². The van der Waals surface area contributed by atoms with Gasteiger partial charge in [0, 0.05) is 5.92 Å². The lowest BCUT2D eigenvalue weighted by Crippen LogP contribution is -2.49. The Labute approximate surface area is 220 Å². The number of alkyl carbamates (subject to hydrolysis) is 1. The van der Waals surface area contributed by atoms with E-state index in [0.717, 1.165) is 22.3 Å². The third-order valence-electron chi connectivity index (χ3n) is 6.19. The van der Waals surface area contributed by atoms with Gasteiger partial charge in [-0.1, -0.05) is 69.0 Å². The standard InChI is InChI=1S/C27H27F6NO5/c1-14(2)12-21(22(35)15(3)23(36)39-24(26(28,29)30)27(31,32)33)34-25(37)38-13-20-18-10-6-4-8-16(18)17-9-5-7-11-19(17)20/h4-11,14,20-22,24,35H,3,12-13H2,1-2H3,(H,34,37)/t21-,22-/m0/s1. The number of benzene rings is 2. The predicted molar refractivity (Wildman–Crippen MR) is 129 cm³/mol. The summed E-state index contributed by atoms with van der Waals surface area (Å²) in [5, 5.41) is 12.9. The van der Waals surface area contributed by atoms with Crippen LogP contribution in [0.1, 0.15) is 37.3 Å². The maximum atomic E-state index is 12.8. The third kappa shape index (κ3) is 7.11. The van der Waals surface area contributed by atoms with Gasteiger partial charge in [0.1, 0.15) is 12.7 Å². The molecule has 1 amide bonds. The highest BCUT2D eigenvalue weighted by Crippen LogP contribution is 2.44. The lowest BCUT2D eigenvalue weighted by molar-refractivity contribution is -0.312. The van der Waals surface area contributed by atoms with E-state index in [-0.39, 0.29) is 24.9 Å². The molecule has 1 aliphatic rings. The molecule has 12 heteroatoms. The zero-order valence-electron chi connectivity index (χ0n) is 21.0. The Kier molecular flexibility index (Phi) is 8.99. The Morgan fingerprint density at radius 3 is 1.90 bits per heavy atom. The molecule has 2 N–H and O–H groups in total. The van der Waals surface area contributed by atoms with Crippen LogP contribution in [0.2, 0.25) is 0 Å². The molecule has 2 aromatic rings. The second-order valence-electron chi connectivity index (χ2n) is 9.54. The van der Waals surface area contributed by atoms with Crippen molar-refractivity contribution in [2.75, 3.05) is 6.61 Å². The molecule has 0 aliphatic heterocycles. The summed E-state index contributed by atoms with van der Waals surface area (Å²) in [6, 6.07) is 13.8. The summed E-state index contributed by atoms with van der Waals surface area (Å²) in [6.45, 7) is 6.39. The van der Waals surface area contributed by atoms with Crippen LogP contribution in [0, 0.1) is 5.92 Å². The fraction of sp³-hybridized carbons (Fsp3) is 0.407. The Balaban J connectivity index is 1.69. The Morgan fingerprint density at radius 2 is 1.44 bits per heavy atom. The Morgan fingerprint density at radius 1 is 0.949 bits per heavy atom. The van der Waals surface area contributed by atoms with Crippen molar-refractivity contribution < 1.29 is 50.5 Å². The van der Waals surface area contributed by atoms with Gasteiger partial charge < -0.3 is 19.9 Å². The summed E-state index contributed by atoms with van der Waals surface area (Å²) in [4.78, 5) is 24.7. The minimum atomic E-state index is -5.93. The zero-order valence-corrected chi connectivity index (χ0v) is 21.0. The molecular weight excluding hydrogens is 532 g/mol. The summed E-state index contributed by atoms with van der Waals surface area (Å²) in [6.07, 6.45) is -19.3. The minimum Gasteiger partial charge on any atom is -0.449 e. The van der Waals surface area contributed by atoms with Crippen LogP contribution in [0.4, 0.5) is 31.1 Å². The molecule has 2 aromatic carbocycles. The molecule has 0 fully saturated rings. The largest absolute Gasteiger partial charge is 0.449 e. The predicted octanol–water partition coefficient (Wildman–Crippen LogP) is 5.89. The highest BCUT2D eigenvalue weighted by atomic mass is 19.4. The molecule has 0 spiro atoms. The summed E-state index contributed by atoms with van der Waals surface area (Å²) in [5.74, 6) is -2.62. The number of rotatable bonds is 9. The molecular formula is C27H27F6NO5. The van der Waals surface area contributed by atoms with Gasteiger partial charge in [-0.3, -0.25) is 0 Å². The first-order valence-corrected chi connectivity index (χ1v) is 11.9. The molecule has 2 atom stereocenters. The number of esters is 1. The monoisotopic (exact) mass is 559 g/mol. The second-order valence-corrected chi connectivity index (χ2v) is 9.54. The van der Waals surface area contributed by atoms with Gasteiger partial charge in [0.05, 0.1) is 11.6 Å². The topological polar surface area (TPSA) is 84.9 Å². The SMILES string of the molecule is C=C(C(=O)OC(C(F)(F)F)C(F)(F)F)[C@H](O)[C@H](CC(C)C)NC(=O)OCC1c2ccccc2-c2ccccc21. The first-order valence-electron chi connectivity index (χ1n) is 11.9. The highest BCUT2D eigenvalue weighted by molar-refractivity contribution is 5.89. The first kappa shape index (κ1) is 30.0. The van der Waals surface area contributed by atoms with Crippen LogP contribution in [0.3, 0.4) is 0 Å². The fourth-order valence-corrected chi connectivity index (χ4v) is 4.43. The van der Waals surface area contributed by atoms with Gasteiger partial charge in [-0.15, -0.1) is 0 Å². The highest BCUT2D eigenvalue weighted by Gasteiger charge is 2.60. The van der Waals surface area contributed by atoms with Gasteiger partial charge >= 0.3 is 24.4 Å². The van der Waals surface area contributed by atoms with Crippen molar-refractivity contribution in [1.82, 2.24) is 5.32 Å². The van der Waals surface area contributed by atoms with E-state index < -0.39 is 48.2 Å². The number of nitrogens with one attached hydrogen (secondary N) is 1. The number of carbonyl (C=O) groups excluding carboxylic acids is 2. The maximum absolute atomic E-state index is 12.8. The van der Waals surface area contributed by atoms with Gasteiger partial charge in [0.15, 0.2) is 0 Å².